The third-order valence-corrected chi connectivity index (χ3v) is 3.85. The summed E-state index contributed by atoms with van der Waals surface area (Å²) in [5, 5.41) is 0. The molecule has 1 aromatic carbocycles. The van der Waals surface area contributed by atoms with E-state index in [0.717, 1.165) is 4.90 Å². The number of hydrogen-bond donors (Lipinski definition) is 0. The Balaban J connectivity index is 3.29. The summed E-state index contributed by atoms with van der Waals surface area (Å²) in [6.45, 7) is 0.352. The van der Waals surface area contributed by atoms with Crippen LogP contribution in [-0.4, -0.2) is 46.5 Å². The van der Waals surface area contributed by atoms with Crippen LogP contribution in [0.2, 0.25) is 0 Å². The van der Waals surface area contributed by atoms with Crippen molar-refractivity contribution < 1.29 is 26.7 Å². The lowest BCUT2D eigenvalue weighted by molar-refractivity contribution is 0.0740. The number of likely N-dealkylation sites (N-methyl/N-ethyl adjacent to an activating group) is 1. The number of nitrogens with zero attached hydrogens (tertiary/aromatic N) is 1. The maximum absolute atomic E-state index is 13.2. The molecule has 9 heteroatoms. The molecule has 0 aliphatic heterocycles. The van der Waals surface area contributed by atoms with Crippen molar-refractivity contribution in [3.8, 4) is 0 Å². The lowest BCUT2D eigenvalue weighted by Gasteiger charge is -2.18. The molecule has 0 spiro atoms. The van der Waals surface area contributed by atoms with Crippen molar-refractivity contribution in [3.05, 3.63) is 29.3 Å². The summed E-state index contributed by atoms with van der Waals surface area (Å²) in [5.74, 6) is -3.54. The van der Waals surface area contributed by atoms with Crippen molar-refractivity contribution in [1.82, 2.24) is 4.90 Å². The molecule has 0 saturated carbocycles. The Labute approximate surface area is 119 Å². The van der Waals surface area contributed by atoms with Crippen LogP contribution in [-0.2, 0) is 13.8 Å². The van der Waals surface area contributed by atoms with Gasteiger partial charge in [0.15, 0.2) is 11.6 Å². The van der Waals surface area contributed by atoms with Crippen LogP contribution in [0.15, 0.2) is 17.0 Å². The molecule has 0 heterocycles. The van der Waals surface area contributed by atoms with Crippen LogP contribution in [0.3, 0.4) is 0 Å². The maximum Gasteiger partial charge on any atom is 0.262 e. The van der Waals surface area contributed by atoms with E-state index in [9.17, 15) is 22.0 Å². The van der Waals surface area contributed by atoms with Gasteiger partial charge in [-0.2, -0.15) is 0 Å². The minimum atomic E-state index is -4.38. The van der Waals surface area contributed by atoms with Gasteiger partial charge in [-0.1, -0.05) is 0 Å². The van der Waals surface area contributed by atoms with Crippen molar-refractivity contribution in [3.63, 3.8) is 0 Å². The van der Waals surface area contributed by atoms with Gasteiger partial charge in [-0.3, -0.25) is 4.79 Å². The highest BCUT2D eigenvalue weighted by molar-refractivity contribution is 8.13. The predicted octanol–water partition coefficient (Wildman–Crippen LogP) is 1.61. The minimum Gasteiger partial charge on any atom is -0.383 e. The fourth-order valence-electron chi connectivity index (χ4n) is 1.43. The molecule has 5 nitrogen and oxygen atoms in total. The minimum absolute atomic E-state index is 0.149. The fraction of sp³-hybridized carbons (Fsp3) is 0.364. The number of amides is 1. The molecule has 0 unspecified atom stereocenters. The number of carbonyl (C=O) groups is 1. The predicted molar refractivity (Wildman–Crippen MR) is 68.2 cm³/mol. The van der Waals surface area contributed by atoms with Gasteiger partial charge in [0.05, 0.1) is 17.1 Å². The van der Waals surface area contributed by atoms with Crippen LogP contribution < -0.4 is 0 Å². The monoisotopic (exact) mass is 327 g/mol. The van der Waals surface area contributed by atoms with Crippen LogP contribution in [0.5, 0.6) is 0 Å². The first-order valence-electron chi connectivity index (χ1n) is 5.36. The molecule has 0 aliphatic rings. The molecule has 0 radical (unpaired) electrons. The van der Waals surface area contributed by atoms with E-state index in [2.05, 4.69) is 0 Å². The Kier molecular flexibility index (Phi) is 5.43. The fourth-order valence-corrected chi connectivity index (χ4v) is 2.47. The van der Waals surface area contributed by atoms with Gasteiger partial charge in [-0.05, 0) is 12.1 Å². The molecule has 0 aromatic heterocycles. The van der Waals surface area contributed by atoms with E-state index in [1.54, 1.807) is 0 Å². The number of halogens is 3. The number of benzene rings is 1. The molecule has 112 valence electrons. The van der Waals surface area contributed by atoms with E-state index in [-0.39, 0.29) is 13.2 Å². The summed E-state index contributed by atoms with van der Waals surface area (Å²) in [6, 6.07) is 0.894. The van der Waals surface area contributed by atoms with Crippen molar-refractivity contribution >= 4 is 25.6 Å². The Morgan fingerprint density at radius 2 is 1.90 bits per heavy atom. The first-order chi connectivity index (χ1) is 9.18. The van der Waals surface area contributed by atoms with Gasteiger partial charge in [0.2, 0.25) is 0 Å². The third kappa shape index (κ3) is 3.87. The summed E-state index contributed by atoms with van der Waals surface area (Å²) in [4.78, 5) is 12.4. The molecule has 0 N–H and O–H groups in total. The first kappa shape index (κ1) is 16.8. The van der Waals surface area contributed by atoms with E-state index in [4.69, 9.17) is 15.4 Å². The summed E-state index contributed by atoms with van der Waals surface area (Å²) in [6.07, 6.45) is 0. The maximum atomic E-state index is 13.2. The van der Waals surface area contributed by atoms with Crippen molar-refractivity contribution in [2.24, 2.45) is 0 Å². The third-order valence-electron chi connectivity index (χ3n) is 2.49. The zero-order chi connectivity index (χ0) is 15.5. The Bertz CT molecular complexity index is 621. The molecule has 20 heavy (non-hydrogen) atoms. The van der Waals surface area contributed by atoms with E-state index in [0.29, 0.717) is 12.1 Å². The van der Waals surface area contributed by atoms with Crippen LogP contribution in [0.25, 0.3) is 0 Å². The van der Waals surface area contributed by atoms with Crippen LogP contribution in [0, 0.1) is 11.6 Å². The number of carbonyl (C=O) groups excluding carboxylic acids is 1. The molecule has 1 amide bonds. The van der Waals surface area contributed by atoms with Crippen LogP contribution in [0.1, 0.15) is 10.4 Å². The second-order valence-corrected chi connectivity index (χ2v) is 6.45. The summed E-state index contributed by atoms with van der Waals surface area (Å²) in [5.41, 5.74) is -0.530. The molecule has 0 bridgehead atoms. The summed E-state index contributed by atoms with van der Waals surface area (Å²) in [7, 11) is 3.53. The normalized spacial score (nSPS) is 11.4. The van der Waals surface area contributed by atoms with E-state index in [1.165, 1.54) is 14.2 Å². The number of ether oxygens (including phenoxy) is 1. The van der Waals surface area contributed by atoms with Crippen LogP contribution in [0.4, 0.5) is 8.78 Å². The number of methoxy groups -OCH3 is 1. The molecule has 0 aliphatic carbocycles. The lowest BCUT2D eigenvalue weighted by Crippen LogP contribution is -2.31. The van der Waals surface area contributed by atoms with Crippen molar-refractivity contribution in [2.75, 3.05) is 27.3 Å². The molecule has 0 fully saturated rings. The van der Waals surface area contributed by atoms with Gasteiger partial charge >= 0.3 is 0 Å². The van der Waals surface area contributed by atoms with E-state index in [1.807, 2.05) is 0 Å². The average Bonchev–Trinajstić information content (AvgIpc) is 2.36. The average molecular weight is 328 g/mol. The zero-order valence-corrected chi connectivity index (χ0v) is 12.3. The molecule has 0 atom stereocenters. The lowest BCUT2D eigenvalue weighted by atomic mass is 10.2. The molecule has 0 saturated heterocycles. The highest BCUT2D eigenvalue weighted by atomic mass is 35.7. The van der Waals surface area contributed by atoms with Crippen molar-refractivity contribution in [1.29, 1.82) is 0 Å². The standard InChI is InChI=1S/C11H12ClF2NO4S/c1-15(3-4-19-2)11(16)7-5-8(13)9(14)6-10(7)20(12,17)18/h5-6H,3-4H2,1-2H3. The molecule has 1 rings (SSSR count). The molecular formula is C11H12ClF2NO4S. The second kappa shape index (κ2) is 6.47. The van der Waals surface area contributed by atoms with Gasteiger partial charge < -0.3 is 9.64 Å². The Morgan fingerprint density at radius 1 is 1.35 bits per heavy atom. The van der Waals surface area contributed by atoms with Gasteiger partial charge in [-0.15, -0.1) is 0 Å². The summed E-state index contributed by atoms with van der Waals surface area (Å²) < 4.78 is 53.8. The second-order valence-electron chi connectivity index (χ2n) is 3.92. The SMILES string of the molecule is COCCN(C)C(=O)c1cc(F)c(F)cc1S(=O)(=O)Cl. The van der Waals surface area contributed by atoms with Crippen molar-refractivity contribution in [2.45, 2.75) is 4.90 Å². The first-order valence-corrected chi connectivity index (χ1v) is 7.67. The van der Waals surface area contributed by atoms with Gasteiger partial charge in [-0.25, -0.2) is 17.2 Å². The van der Waals surface area contributed by atoms with Gasteiger partial charge in [0.25, 0.3) is 15.0 Å². The number of rotatable bonds is 5. The number of hydrogen-bond acceptors (Lipinski definition) is 4. The van der Waals surface area contributed by atoms with Gasteiger partial charge in [0, 0.05) is 31.4 Å². The summed E-state index contributed by atoms with van der Waals surface area (Å²) >= 11 is 0. The van der Waals surface area contributed by atoms with E-state index < -0.39 is 37.1 Å². The van der Waals surface area contributed by atoms with Crippen LogP contribution >= 0.6 is 10.7 Å². The van der Waals surface area contributed by atoms with E-state index >= 15 is 0 Å². The Hall–Kier alpha value is -1.25. The highest BCUT2D eigenvalue weighted by Crippen LogP contribution is 2.24. The molecule has 1 aromatic rings. The highest BCUT2D eigenvalue weighted by Gasteiger charge is 2.25. The topological polar surface area (TPSA) is 63.7 Å². The smallest absolute Gasteiger partial charge is 0.262 e. The van der Waals surface area contributed by atoms with Gasteiger partial charge in [0.1, 0.15) is 0 Å². The quantitative estimate of drug-likeness (QED) is 0.771. The molecular weight excluding hydrogens is 316 g/mol. The zero-order valence-electron chi connectivity index (χ0n) is 10.7. The largest absolute Gasteiger partial charge is 0.383 e. The Morgan fingerprint density at radius 3 is 2.40 bits per heavy atom.